The smallest absolute Gasteiger partial charge is 0.270 e. The van der Waals surface area contributed by atoms with Gasteiger partial charge in [-0.25, -0.2) is 8.42 Å². The van der Waals surface area contributed by atoms with Gasteiger partial charge in [0.25, 0.3) is 5.69 Å². The van der Waals surface area contributed by atoms with Gasteiger partial charge in [0, 0.05) is 43.5 Å². The second-order valence-corrected chi connectivity index (χ2v) is 7.66. The molecule has 0 spiro atoms. The Balaban J connectivity index is 2.56. The molecule has 128 valence electrons. The van der Waals surface area contributed by atoms with Crippen LogP contribution in [0.5, 0.6) is 0 Å². The molecule has 0 radical (unpaired) electrons. The van der Waals surface area contributed by atoms with Gasteiger partial charge >= 0.3 is 0 Å². The molecule has 1 heterocycles. The average Bonchev–Trinajstić information content (AvgIpc) is 2.77. The fourth-order valence-electron chi connectivity index (χ4n) is 2.05. The molecule has 0 aromatic heterocycles. The SMILES string of the molecule is CN1C=CC=C(S(=O)(=O)c2cc([N+](=O)[O-])ccc2NCCBr)C=C1. The van der Waals surface area contributed by atoms with Crippen LogP contribution in [-0.4, -0.2) is 37.2 Å². The van der Waals surface area contributed by atoms with Crippen molar-refractivity contribution in [1.29, 1.82) is 0 Å². The number of benzene rings is 1. The highest BCUT2D eigenvalue weighted by molar-refractivity contribution is 9.09. The normalized spacial score (nSPS) is 14.2. The van der Waals surface area contributed by atoms with Crippen molar-refractivity contribution in [2.45, 2.75) is 4.90 Å². The zero-order valence-electron chi connectivity index (χ0n) is 12.8. The van der Waals surface area contributed by atoms with E-state index >= 15 is 0 Å². The largest absolute Gasteiger partial charge is 0.383 e. The number of alkyl halides is 1. The quantitative estimate of drug-likeness (QED) is 0.437. The summed E-state index contributed by atoms with van der Waals surface area (Å²) in [6, 6.07) is 3.77. The van der Waals surface area contributed by atoms with E-state index in [1.165, 1.54) is 24.3 Å². The lowest BCUT2D eigenvalue weighted by Gasteiger charge is -2.12. The van der Waals surface area contributed by atoms with Crippen molar-refractivity contribution in [3.05, 3.63) is 63.8 Å². The highest BCUT2D eigenvalue weighted by atomic mass is 79.9. The Morgan fingerprint density at radius 3 is 2.75 bits per heavy atom. The number of allylic oxidation sites excluding steroid dienone is 3. The highest BCUT2D eigenvalue weighted by Gasteiger charge is 2.25. The Hall–Kier alpha value is -2.13. The minimum atomic E-state index is -3.91. The van der Waals surface area contributed by atoms with Crippen LogP contribution in [-0.2, 0) is 9.84 Å². The summed E-state index contributed by atoms with van der Waals surface area (Å²) in [6.07, 6.45) is 7.84. The van der Waals surface area contributed by atoms with Gasteiger partial charge in [-0.1, -0.05) is 15.9 Å². The maximum Gasteiger partial charge on any atom is 0.270 e. The molecule has 1 aromatic rings. The number of rotatable bonds is 6. The van der Waals surface area contributed by atoms with Gasteiger partial charge in [0.15, 0.2) is 0 Å². The average molecular weight is 414 g/mol. The predicted molar refractivity (Wildman–Crippen MR) is 96.7 cm³/mol. The van der Waals surface area contributed by atoms with E-state index in [-0.39, 0.29) is 15.5 Å². The molecule has 7 nitrogen and oxygen atoms in total. The zero-order chi connectivity index (χ0) is 17.7. The Labute approximate surface area is 148 Å². The maximum atomic E-state index is 13.0. The second kappa shape index (κ2) is 7.63. The van der Waals surface area contributed by atoms with Crippen LogP contribution in [0.1, 0.15) is 0 Å². The standard InChI is InChI=1S/C15H16BrN3O4S/c1-18-9-2-3-13(6-10-18)24(22,23)15-11-12(19(20)21)4-5-14(15)17-8-7-16/h2-6,9-11,17H,7-8H2,1H3. The van der Waals surface area contributed by atoms with Gasteiger partial charge in [-0.15, -0.1) is 0 Å². The van der Waals surface area contributed by atoms with Crippen molar-refractivity contribution >= 4 is 37.1 Å². The zero-order valence-corrected chi connectivity index (χ0v) is 15.2. The molecule has 0 saturated carbocycles. The van der Waals surface area contributed by atoms with Crippen molar-refractivity contribution in [3.63, 3.8) is 0 Å². The van der Waals surface area contributed by atoms with Crippen LogP contribution >= 0.6 is 15.9 Å². The summed E-state index contributed by atoms with van der Waals surface area (Å²) < 4.78 is 25.9. The minimum absolute atomic E-state index is 0.0606. The fraction of sp³-hybridized carbons (Fsp3) is 0.200. The van der Waals surface area contributed by atoms with Crippen LogP contribution in [0, 0.1) is 10.1 Å². The van der Waals surface area contributed by atoms with Crippen LogP contribution in [0.3, 0.4) is 0 Å². The third-order valence-electron chi connectivity index (χ3n) is 3.24. The number of anilines is 1. The molecule has 24 heavy (non-hydrogen) atoms. The summed E-state index contributed by atoms with van der Waals surface area (Å²) >= 11 is 3.26. The van der Waals surface area contributed by atoms with E-state index in [0.717, 1.165) is 6.07 Å². The van der Waals surface area contributed by atoms with Gasteiger partial charge in [0.2, 0.25) is 9.84 Å². The number of nitro groups is 1. The Morgan fingerprint density at radius 1 is 1.33 bits per heavy atom. The Morgan fingerprint density at radius 2 is 2.08 bits per heavy atom. The minimum Gasteiger partial charge on any atom is -0.383 e. The lowest BCUT2D eigenvalue weighted by atomic mass is 10.3. The van der Waals surface area contributed by atoms with E-state index in [4.69, 9.17) is 0 Å². The predicted octanol–water partition coefficient (Wildman–Crippen LogP) is 3.03. The third kappa shape index (κ3) is 4.04. The summed E-state index contributed by atoms with van der Waals surface area (Å²) in [5, 5.41) is 14.6. The van der Waals surface area contributed by atoms with Crippen molar-refractivity contribution in [2.24, 2.45) is 0 Å². The third-order valence-corrected chi connectivity index (χ3v) is 5.45. The number of sulfone groups is 1. The highest BCUT2D eigenvalue weighted by Crippen LogP contribution is 2.31. The van der Waals surface area contributed by atoms with E-state index in [1.54, 1.807) is 30.4 Å². The number of halogens is 1. The van der Waals surface area contributed by atoms with E-state index in [9.17, 15) is 18.5 Å². The van der Waals surface area contributed by atoms with E-state index in [1.807, 2.05) is 0 Å². The lowest BCUT2D eigenvalue weighted by molar-refractivity contribution is -0.385. The molecule has 2 rings (SSSR count). The van der Waals surface area contributed by atoms with E-state index < -0.39 is 14.8 Å². The van der Waals surface area contributed by atoms with Gasteiger partial charge < -0.3 is 10.2 Å². The molecule has 0 unspecified atom stereocenters. The van der Waals surface area contributed by atoms with Crippen molar-refractivity contribution in [3.8, 4) is 0 Å². The van der Waals surface area contributed by atoms with Crippen LogP contribution in [0.4, 0.5) is 11.4 Å². The monoisotopic (exact) mass is 413 g/mol. The number of nitrogens with one attached hydrogen (secondary N) is 1. The second-order valence-electron chi connectivity index (χ2n) is 4.95. The molecule has 1 aliphatic rings. The van der Waals surface area contributed by atoms with Crippen molar-refractivity contribution in [1.82, 2.24) is 4.90 Å². The van der Waals surface area contributed by atoms with Gasteiger partial charge in [-0.05, 0) is 24.3 Å². The summed E-state index contributed by atoms with van der Waals surface area (Å²) in [5.41, 5.74) is 0.0553. The van der Waals surface area contributed by atoms with Crippen molar-refractivity contribution in [2.75, 3.05) is 24.2 Å². The van der Waals surface area contributed by atoms with Gasteiger partial charge in [-0.2, -0.15) is 0 Å². The number of non-ortho nitro benzene ring substituents is 1. The molecule has 0 fully saturated rings. The fourth-order valence-corrected chi connectivity index (χ4v) is 3.71. The molecular formula is C15H16BrN3O4S. The van der Waals surface area contributed by atoms with Crippen LogP contribution in [0.25, 0.3) is 0 Å². The maximum absolute atomic E-state index is 13.0. The van der Waals surface area contributed by atoms with Crippen LogP contribution in [0.2, 0.25) is 0 Å². The molecule has 0 saturated heterocycles. The van der Waals surface area contributed by atoms with Crippen molar-refractivity contribution < 1.29 is 13.3 Å². The first-order valence-electron chi connectivity index (χ1n) is 6.98. The van der Waals surface area contributed by atoms with Gasteiger partial charge in [0.05, 0.1) is 15.5 Å². The first kappa shape index (κ1) is 18.2. The molecule has 0 bridgehead atoms. The first-order valence-corrected chi connectivity index (χ1v) is 9.58. The first-order chi connectivity index (χ1) is 11.4. The molecule has 1 aromatic carbocycles. The van der Waals surface area contributed by atoms with Gasteiger partial charge in [-0.3, -0.25) is 10.1 Å². The number of nitrogens with zero attached hydrogens (tertiary/aromatic N) is 2. The molecule has 0 amide bonds. The van der Waals surface area contributed by atoms with Crippen LogP contribution in [0.15, 0.2) is 58.6 Å². The number of hydrogen-bond donors (Lipinski definition) is 1. The van der Waals surface area contributed by atoms with Crippen LogP contribution < -0.4 is 5.32 Å². The number of hydrogen-bond acceptors (Lipinski definition) is 6. The van der Waals surface area contributed by atoms with E-state index in [2.05, 4.69) is 21.2 Å². The number of nitro benzene ring substituents is 1. The molecule has 9 heteroatoms. The van der Waals surface area contributed by atoms with E-state index in [0.29, 0.717) is 17.6 Å². The summed E-state index contributed by atoms with van der Waals surface area (Å²) in [5.74, 6) is 0. The molecule has 0 atom stereocenters. The molecule has 0 aliphatic carbocycles. The molecular weight excluding hydrogens is 398 g/mol. The molecule has 1 aliphatic heterocycles. The lowest BCUT2D eigenvalue weighted by Crippen LogP contribution is -2.11. The Kier molecular flexibility index (Phi) is 5.79. The summed E-state index contributed by atoms with van der Waals surface area (Å²) in [4.78, 5) is 12.0. The topological polar surface area (TPSA) is 92.5 Å². The summed E-state index contributed by atoms with van der Waals surface area (Å²) in [6.45, 7) is 0.484. The van der Waals surface area contributed by atoms with Gasteiger partial charge in [0.1, 0.15) is 4.90 Å². The summed E-state index contributed by atoms with van der Waals surface area (Å²) in [7, 11) is -2.14. The molecule has 1 N–H and O–H groups in total. The Bertz CT molecular complexity index is 831.